The van der Waals surface area contributed by atoms with Gasteiger partial charge in [-0.25, -0.2) is 9.13 Å². The fourth-order valence-electron chi connectivity index (χ4n) is 9.86. The Morgan fingerprint density at radius 3 is 0.907 bits per heavy atom. The summed E-state index contributed by atoms with van der Waals surface area (Å²) in [4.78, 5) is 58.5. The van der Waals surface area contributed by atoms with Gasteiger partial charge in [-0.3, -0.25) is 32.5 Å². The Labute approximate surface area is 589 Å². The lowest BCUT2D eigenvalue weighted by atomic mass is 10.0. The zero-order valence-electron chi connectivity index (χ0n) is 60.7. The summed E-state index contributed by atoms with van der Waals surface area (Å²) in [5.41, 5.74) is 0. The van der Waals surface area contributed by atoms with Gasteiger partial charge in [-0.1, -0.05) is 277 Å². The molecule has 0 saturated heterocycles. The van der Waals surface area contributed by atoms with Crippen molar-refractivity contribution in [1.29, 1.82) is 0 Å². The van der Waals surface area contributed by atoms with Gasteiger partial charge < -0.3 is 34.2 Å². The summed E-state index contributed by atoms with van der Waals surface area (Å²) in [6, 6.07) is 0. The highest BCUT2D eigenvalue weighted by molar-refractivity contribution is 7.47. The summed E-state index contributed by atoms with van der Waals surface area (Å²) in [7, 11) is -9.79. The van der Waals surface area contributed by atoms with Gasteiger partial charge in [0.1, 0.15) is 25.4 Å². The number of phosphoric ester groups is 2. The summed E-state index contributed by atoms with van der Waals surface area (Å²) < 4.78 is 61.0. The van der Waals surface area contributed by atoms with E-state index in [4.69, 9.17) is 32.3 Å². The number of allylic oxidation sites excluding steroid dienone is 20. The quantitative estimate of drug-likeness (QED) is 0.0146. The normalized spacial score (nSPS) is 14.8. The molecule has 0 rings (SSSR count). The van der Waals surface area contributed by atoms with Crippen molar-refractivity contribution in [3.8, 4) is 0 Å². The van der Waals surface area contributed by atoms with Crippen LogP contribution in [0.2, 0.25) is 0 Å². The molecule has 0 aliphatic heterocycles. The van der Waals surface area contributed by atoms with E-state index in [-0.39, 0.29) is 19.3 Å². The summed E-state index contributed by atoms with van der Waals surface area (Å²) in [6.07, 6.45) is 84.0. The summed E-state index contributed by atoms with van der Waals surface area (Å²) in [5.74, 6) is -1.60. The van der Waals surface area contributed by atoms with E-state index in [1.54, 1.807) is 0 Å². The van der Waals surface area contributed by atoms with Gasteiger partial charge >= 0.3 is 33.6 Å². The number of carbonyl (C=O) groups excluding carboxylic acids is 3. The largest absolute Gasteiger partial charge is 0.472 e. The number of esters is 3. The summed E-state index contributed by atoms with van der Waals surface area (Å²) in [5, 5.41) is 20.6. The zero-order chi connectivity index (χ0) is 70.9. The van der Waals surface area contributed by atoms with Gasteiger partial charge in [0.05, 0.1) is 26.4 Å². The Bertz CT molecular complexity index is 2250. The van der Waals surface area contributed by atoms with Crippen LogP contribution in [0.25, 0.3) is 0 Å². The van der Waals surface area contributed by atoms with Gasteiger partial charge in [-0.05, 0) is 128 Å². The molecule has 0 aromatic carbocycles. The third-order valence-corrected chi connectivity index (χ3v) is 17.5. The summed E-state index contributed by atoms with van der Waals surface area (Å²) in [6.45, 7) is 2.47. The number of hydrogen-bond acceptors (Lipinski definition) is 14. The first-order valence-electron chi connectivity index (χ1n) is 37.8. The maximum absolute atomic E-state index is 12.9. The number of aliphatic hydroxyl groups is 2. The van der Waals surface area contributed by atoms with Crippen molar-refractivity contribution < 1.29 is 75.8 Å². The second-order valence-corrected chi connectivity index (χ2v) is 28.0. The van der Waals surface area contributed by atoms with Crippen LogP contribution >= 0.6 is 15.6 Å². The monoisotopic (exact) mass is 1400 g/mol. The highest BCUT2D eigenvalue weighted by Crippen LogP contribution is 2.45. The number of aliphatic hydroxyl groups excluding tert-OH is 2. The van der Waals surface area contributed by atoms with Crippen LogP contribution in [-0.2, 0) is 55.8 Å². The molecule has 0 aromatic heterocycles. The van der Waals surface area contributed by atoms with Crippen LogP contribution in [0.1, 0.15) is 303 Å². The number of rotatable bonds is 71. The van der Waals surface area contributed by atoms with Crippen LogP contribution in [-0.4, -0.2) is 95.9 Å². The van der Waals surface area contributed by atoms with Gasteiger partial charge in [-0.2, -0.15) is 0 Å². The fraction of sp³-hybridized carbons (Fsp3) is 0.709. The van der Waals surface area contributed by atoms with E-state index >= 15 is 0 Å². The third-order valence-electron chi connectivity index (χ3n) is 15.6. The minimum atomic E-state index is -4.93. The van der Waals surface area contributed by atoms with E-state index < -0.39 is 91.5 Å². The molecular weight excluding hydrogens is 1270 g/mol. The molecule has 4 N–H and O–H groups in total. The summed E-state index contributed by atoms with van der Waals surface area (Å²) >= 11 is 0. The van der Waals surface area contributed by atoms with E-state index in [0.717, 1.165) is 161 Å². The molecule has 18 heteroatoms. The highest BCUT2D eigenvalue weighted by Gasteiger charge is 2.29. The molecule has 5 unspecified atom stereocenters. The smallest absolute Gasteiger partial charge is 0.463 e. The molecule has 5 atom stereocenters. The van der Waals surface area contributed by atoms with Crippen LogP contribution in [0.15, 0.2) is 122 Å². The molecule has 0 amide bonds. The Kier molecular flexibility index (Phi) is 68.8. The number of hydrogen-bond donors (Lipinski definition) is 4. The molecule has 0 aromatic rings. The lowest BCUT2D eigenvalue weighted by Crippen LogP contribution is -2.30. The second-order valence-electron chi connectivity index (χ2n) is 25.1. The average Bonchev–Trinajstić information content (AvgIpc) is 1.47. The number of ether oxygens (including phenoxy) is 3. The van der Waals surface area contributed by atoms with Crippen molar-refractivity contribution in [3.05, 3.63) is 122 Å². The van der Waals surface area contributed by atoms with Crippen LogP contribution < -0.4 is 0 Å². The maximum Gasteiger partial charge on any atom is 0.472 e. The Morgan fingerprint density at radius 2 is 0.557 bits per heavy atom. The molecule has 97 heavy (non-hydrogen) atoms. The van der Waals surface area contributed by atoms with Crippen LogP contribution in [0, 0.1) is 0 Å². The zero-order valence-corrected chi connectivity index (χ0v) is 62.5. The van der Waals surface area contributed by atoms with Gasteiger partial charge in [0.25, 0.3) is 0 Å². The molecule has 0 aliphatic carbocycles. The molecule has 0 radical (unpaired) electrons. The number of phosphoric acid groups is 2. The Balaban J connectivity index is 4.49. The van der Waals surface area contributed by atoms with E-state index in [9.17, 15) is 43.5 Å². The molecule has 0 spiro atoms. The van der Waals surface area contributed by atoms with Crippen LogP contribution in [0.4, 0.5) is 0 Å². The van der Waals surface area contributed by atoms with Crippen molar-refractivity contribution in [1.82, 2.24) is 0 Å². The van der Waals surface area contributed by atoms with Crippen molar-refractivity contribution in [3.63, 3.8) is 0 Å². The molecule has 558 valence electrons. The van der Waals surface area contributed by atoms with Crippen molar-refractivity contribution in [2.45, 2.75) is 322 Å². The number of unbranched alkanes of at least 4 members (excludes halogenated alkanes) is 28. The lowest BCUT2D eigenvalue weighted by Gasteiger charge is -2.21. The minimum absolute atomic E-state index is 0.0893. The van der Waals surface area contributed by atoms with E-state index in [2.05, 4.69) is 142 Å². The predicted molar refractivity (Wildman–Crippen MR) is 399 cm³/mol. The highest BCUT2D eigenvalue weighted by atomic mass is 31.2. The van der Waals surface area contributed by atoms with Gasteiger partial charge in [0.15, 0.2) is 6.10 Å². The Morgan fingerprint density at radius 1 is 0.299 bits per heavy atom. The van der Waals surface area contributed by atoms with Gasteiger partial charge in [0, 0.05) is 19.3 Å². The minimum Gasteiger partial charge on any atom is -0.463 e. The van der Waals surface area contributed by atoms with Crippen molar-refractivity contribution in [2.24, 2.45) is 0 Å². The molecule has 16 nitrogen and oxygen atoms in total. The standard InChI is InChI=1S/C79H136O16P2/c1-4-7-10-13-16-19-22-24-26-28-30-32-34-35-36-37-39-41-42-44-46-48-51-53-56-59-62-65-77(82)89-68-74(80)69-91-96(85,86)92-70-75(81)71-93-97(87,88)94-73-76(95-79(84)67-64-61-58-55-50-21-18-15-12-9-6-3)72-90-78(83)66-63-60-57-54-52-49-47-45-43-40-38-33-31-29-27-25-23-20-17-14-11-8-5-2/h8,11,15-20,24-27,30-33,35-36,40,43,74-76,80-81H,4-7,9-10,12-14,21-23,28-29,34,37-39,41-42,44-73H2,1-3H3,(H,85,86)(H,87,88)/b11-8-,18-15-,19-16-,20-17-,26-24-,27-25-,32-30-,33-31-,36-35-,43-40-. The number of carbonyl (C=O) groups is 3. The first-order valence-corrected chi connectivity index (χ1v) is 40.8. The first kappa shape index (κ1) is 93.0. The van der Waals surface area contributed by atoms with Gasteiger partial charge in [0.2, 0.25) is 0 Å². The molecular formula is C79H136O16P2. The Hall–Kier alpha value is -4.05. The van der Waals surface area contributed by atoms with E-state index in [1.165, 1.54) is 83.5 Å². The van der Waals surface area contributed by atoms with Gasteiger partial charge in [-0.15, -0.1) is 0 Å². The fourth-order valence-corrected chi connectivity index (χ4v) is 11.4. The SMILES string of the molecule is CC/C=C\C/C=C\C/C=C\C/C=C\C/C=C\CCCCCCCCCC(=O)OCC(COP(=O)(O)OCC(O)COP(=O)(O)OCC(O)COC(=O)CCCCCCCCCCCCC/C=C\C/C=C\C/C=C\C/C=C\CCCCC)OC(=O)CCCCCCC/C=C\CCCC. The van der Waals surface area contributed by atoms with E-state index in [0.29, 0.717) is 19.3 Å². The van der Waals surface area contributed by atoms with E-state index in [1.807, 2.05) is 0 Å². The maximum atomic E-state index is 12.9. The topological polar surface area (TPSA) is 231 Å². The van der Waals surface area contributed by atoms with Crippen LogP contribution in [0.5, 0.6) is 0 Å². The van der Waals surface area contributed by atoms with Crippen molar-refractivity contribution in [2.75, 3.05) is 39.6 Å². The second kappa shape index (κ2) is 71.8. The molecule has 0 heterocycles. The first-order chi connectivity index (χ1) is 47.2. The van der Waals surface area contributed by atoms with Crippen molar-refractivity contribution >= 4 is 33.6 Å². The molecule has 0 bridgehead atoms. The van der Waals surface area contributed by atoms with Crippen LogP contribution in [0.3, 0.4) is 0 Å². The molecule has 0 aliphatic rings. The third kappa shape index (κ3) is 73.0. The molecule has 0 saturated carbocycles. The lowest BCUT2D eigenvalue weighted by molar-refractivity contribution is -0.161. The predicted octanol–water partition coefficient (Wildman–Crippen LogP) is 21.8. The molecule has 0 fully saturated rings. The average molecular weight is 1400 g/mol.